The molecule has 0 spiro atoms. The molecule has 0 bridgehead atoms. The SMILES string of the molecule is Cc1ccc(C=O)c(-c2cc3ccccc3s2)c1. The lowest BCUT2D eigenvalue weighted by atomic mass is 10.0. The predicted octanol–water partition coefficient (Wildman–Crippen LogP) is 4.69. The summed E-state index contributed by atoms with van der Waals surface area (Å²) in [4.78, 5) is 12.3. The molecule has 0 amide bonds. The summed E-state index contributed by atoms with van der Waals surface area (Å²) in [6, 6.07) is 16.4. The van der Waals surface area contributed by atoms with Gasteiger partial charge in [0.1, 0.15) is 0 Å². The van der Waals surface area contributed by atoms with Crippen molar-refractivity contribution in [1.29, 1.82) is 0 Å². The van der Waals surface area contributed by atoms with Gasteiger partial charge in [0.05, 0.1) is 0 Å². The summed E-state index contributed by atoms with van der Waals surface area (Å²) in [5, 5.41) is 1.23. The van der Waals surface area contributed by atoms with Crippen molar-refractivity contribution in [3.8, 4) is 10.4 Å². The largest absolute Gasteiger partial charge is 0.298 e. The van der Waals surface area contributed by atoms with Crippen LogP contribution in [0.15, 0.2) is 48.5 Å². The van der Waals surface area contributed by atoms with Crippen molar-refractivity contribution in [3.63, 3.8) is 0 Å². The minimum atomic E-state index is 0.757. The Morgan fingerprint density at radius 1 is 1.06 bits per heavy atom. The van der Waals surface area contributed by atoms with Crippen molar-refractivity contribution in [3.05, 3.63) is 59.7 Å². The van der Waals surface area contributed by atoms with E-state index in [1.165, 1.54) is 15.6 Å². The van der Waals surface area contributed by atoms with E-state index < -0.39 is 0 Å². The molecule has 0 saturated heterocycles. The number of fused-ring (bicyclic) bond motifs is 1. The van der Waals surface area contributed by atoms with Crippen LogP contribution in [0.4, 0.5) is 0 Å². The van der Waals surface area contributed by atoms with E-state index in [1.807, 2.05) is 31.2 Å². The number of rotatable bonds is 2. The van der Waals surface area contributed by atoms with E-state index in [-0.39, 0.29) is 0 Å². The Morgan fingerprint density at radius 3 is 2.67 bits per heavy atom. The molecule has 2 heteroatoms. The van der Waals surface area contributed by atoms with Gasteiger partial charge in [0.25, 0.3) is 0 Å². The lowest BCUT2D eigenvalue weighted by molar-refractivity contribution is 0.112. The van der Waals surface area contributed by atoms with Crippen molar-refractivity contribution in [2.75, 3.05) is 0 Å². The number of hydrogen-bond donors (Lipinski definition) is 0. The van der Waals surface area contributed by atoms with Crippen molar-refractivity contribution in [2.45, 2.75) is 6.92 Å². The Morgan fingerprint density at radius 2 is 1.89 bits per heavy atom. The summed E-state index contributed by atoms with van der Waals surface area (Å²) in [5.74, 6) is 0. The highest BCUT2D eigenvalue weighted by atomic mass is 32.1. The molecule has 0 fully saturated rings. The van der Waals surface area contributed by atoms with Gasteiger partial charge >= 0.3 is 0 Å². The monoisotopic (exact) mass is 252 g/mol. The first-order valence-corrected chi connectivity index (χ1v) is 6.64. The molecular weight excluding hydrogens is 240 g/mol. The zero-order chi connectivity index (χ0) is 12.5. The van der Waals surface area contributed by atoms with Crippen LogP contribution < -0.4 is 0 Å². The van der Waals surface area contributed by atoms with Gasteiger partial charge in [0.15, 0.2) is 6.29 Å². The maximum absolute atomic E-state index is 11.1. The van der Waals surface area contributed by atoms with Crippen LogP contribution in [0.2, 0.25) is 0 Å². The van der Waals surface area contributed by atoms with Gasteiger partial charge < -0.3 is 0 Å². The van der Waals surface area contributed by atoms with Gasteiger partial charge in [-0.1, -0.05) is 35.9 Å². The van der Waals surface area contributed by atoms with Gasteiger partial charge in [0.2, 0.25) is 0 Å². The van der Waals surface area contributed by atoms with Gasteiger partial charge in [0, 0.05) is 20.7 Å². The zero-order valence-electron chi connectivity index (χ0n) is 10.0. The molecule has 3 aromatic rings. The molecule has 0 aliphatic rings. The van der Waals surface area contributed by atoms with Crippen LogP contribution in [0.25, 0.3) is 20.5 Å². The van der Waals surface area contributed by atoms with E-state index in [0.717, 1.165) is 22.3 Å². The molecule has 0 N–H and O–H groups in total. The summed E-state index contributed by atoms with van der Waals surface area (Å²) < 4.78 is 1.26. The summed E-state index contributed by atoms with van der Waals surface area (Å²) >= 11 is 1.73. The lowest BCUT2D eigenvalue weighted by Crippen LogP contribution is -1.86. The maximum atomic E-state index is 11.1. The fourth-order valence-electron chi connectivity index (χ4n) is 2.10. The van der Waals surface area contributed by atoms with Crippen LogP contribution in [0.5, 0.6) is 0 Å². The molecule has 18 heavy (non-hydrogen) atoms. The smallest absolute Gasteiger partial charge is 0.150 e. The first-order chi connectivity index (χ1) is 8.78. The van der Waals surface area contributed by atoms with Gasteiger partial charge in [-0.3, -0.25) is 4.79 Å². The first kappa shape index (κ1) is 11.2. The van der Waals surface area contributed by atoms with Crippen LogP contribution in [0, 0.1) is 6.92 Å². The Bertz CT molecular complexity index is 692. The third-order valence-electron chi connectivity index (χ3n) is 3.03. The Hall–Kier alpha value is -1.93. The topological polar surface area (TPSA) is 17.1 Å². The van der Waals surface area contributed by atoms with E-state index in [2.05, 4.69) is 24.3 Å². The Kier molecular flexibility index (Phi) is 2.73. The lowest BCUT2D eigenvalue weighted by Gasteiger charge is -2.03. The van der Waals surface area contributed by atoms with Gasteiger partial charge in [-0.05, 0) is 30.5 Å². The van der Waals surface area contributed by atoms with E-state index in [0.29, 0.717) is 0 Å². The van der Waals surface area contributed by atoms with Crippen molar-refractivity contribution >= 4 is 27.7 Å². The van der Waals surface area contributed by atoms with E-state index in [4.69, 9.17) is 0 Å². The number of aldehydes is 1. The third-order valence-corrected chi connectivity index (χ3v) is 4.18. The third kappa shape index (κ3) is 1.85. The molecule has 1 nitrogen and oxygen atoms in total. The van der Waals surface area contributed by atoms with Gasteiger partial charge in [-0.25, -0.2) is 0 Å². The molecule has 3 rings (SSSR count). The molecule has 2 aromatic carbocycles. The normalized spacial score (nSPS) is 10.7. The highest BCUT2D eigenvalue weighted by molar-refractivity contribution is 7.22. The van der Waals surface area contributed by atoms with Crippen LogP contribution in [-0.2, 0) is 0 Å². The molecule has 0 atom stereocenters. The molecule has 0 saturated carbocycles. The molecule has 88 valence electrons. The molecule has 1 heterocycles. The molecule has 0 radical (unpaired) electrons. The van der Waals surface area contributed by atoms with Crippen molar-refractivity contribution in [1.82, 2.24) is 0 Å². The summed E-state index contributed by atoms with van der Waals surface area (Å²) in [7, 11) is 0. The van der Waals surface area contributed by atoms with Crippen LogP contribution in [0.1, 0.15) is 15.9 Å². The zero-order valence-corrected chi connectivity index (χ0v) is 10.8. The van der Waals surface area contributed by atoms with Gasteiger partial charge in [-0.15, -0.1) is 11.3 Å². The molecule has 0 unspecified atom stereocenters. The first-order valence-electron chi connectivity index (χ1n) is 5.83. The highest BCUT2D eigenvalue weighted by Gasteiger charge is 2.08. The van der Waals surface area contributed by atoms with E-state index >= 15 is 0 Å². The molecule has 0 aliphatic heterocycles. The number of aryl methyl sites for hydroxylation is 1. The number of hydrogen-bond acceptors (Lipinski definition) is 2. The maximum Gasteiger partial charge on any atom is 0.150 e. The average Bonchev–Trinajstić information content (AvgIpc) is 2.82. The number of benzene rings is 2. The highest BCUT2D eigenvalue weighted by Crippen LogP contribution is 2.35. The van der Waals surface area contributed by atoms with Crippen molar-refractivity contribution < 1.29 is 4.79 Å². The fourth-order valence-corrected chi connectivity index (χ4v) is 3.20. The second-order valence-corrected chi connectivity index (χ2v) is 5.44. The minimum Gasteiger partial charge on any atom is -0.298 e. The Labute approximate surface area is 110 Å². The second-order valence-electron chi connectivity index (χ2n) is 4.36. The van der Waals surface area contributed by atoms with Crippen LogP contribution >= 0.6 is 11.3 Å². The van der Waals surface area contributed by atoms with Crippen LogP contribution in [0.3, 0.4) is 0 Å². The minimum absolute atomic E-state index is 0.757. The summed E-state index contributed by atoms with van der Waals surface area (Å²) in [5.41, 5.74) is 2.96. The number of carbonyl (C=O) groups is 1. The number of thiophene rings is 1. The summed E-state index contributed by atoms with van der Waals surface area (Å²) in [6.07, 6.45) is 0.930. The number of carbonyl (C=O) groups excluding carboxylic acids is 1. The quantitative estimate of drug-likeness (QED) is 0.605. The Balaban J connectivity index is 2.25. The molecule has 0 aliphatic carbocycles. The fraction of sp³-hybridized carbons (Fsp3) is 0.0625. The van der Waals surface area contributed by atoms with Crippen molar-refractivity contribution in [2.24, 2.45) is 0 Å². The average molecular weight is 252 g/mol. The second kappa shape index (κ2) is 4.39. The van der Waals surface area contributed by atoms with Crippen LogP contribution in [-0.4, -0.2) is 6.29 Å². The van der Waals surface area contributed by atoms with Gasteiger partial charge in [-0.2, -0.15) is 0 Å². The standard InChI is InChI=1S/C16H12OS/c1-11-6-7-13(10-17)14(8-11)16-9-12-4-2-3-5-15(12)18-16/h2-10H,1H3. The van der Waals surface area contributed by atoms with E-state index in [9.17, 15) is 4.79 Å². The summed E-state index contributed by atoms with van der Waals surface area (Å²) in [6.45, 7) is 2.05. The van der Waals surface area contributed by atoms with E-state index in [1.54, 1.807) is 11.3 Å². The predicted molar refractivity (Wildman–Crippen MR) is 77.4 cm³/mol. The molecular formula is C16H12OS. The molecule has 1 aromatic heterocycles.